The largest absolute Gasteiger partial charge is 0.504 e. The number of ether oxygens (including phenoxy) is 1. The third kappa shape index (κ3) is 6.41. The van der Waals surface area contributed by atoms with E-state index in [1.165, 1.54) is 19.4 Å². The number of methoxy groups -OCH3 is 1. The monoisotopic (exact) mass is 433 g/mol. The van der Waals surface area contributed by atoms with Gasteiger partial charge in [-0.25, -0.2) is 5.43 Å². The molecule has 2 aromatic carbocycles. The number of amides is 2. The number of nitrogens with one attached hydrogen (secondary N) is 2. The lowest BCUT2D eigenvalue weighted by molar-refractivity contribution is -0.121. The first kappa shape index (κ1) is 20.4. The van der Waals surface area contributed by atoms with E-state index in [1.54, 1.807) is 30.3 Å². The number of hydrogen-bond donors (Lipinski definition) is 3. The predicted molar refractivity (Wildman–Crippen MR) is 106 cm³/mol. The SMILES string of the molecule is COc1cc(/C=N/NC(=O)CCCNC(=O)c2ccccc2Br)ccc1O. The molecule has 2 rings (SSSR count). The number of benzene rings is 2. The van der Waals surface area contributed by atoms with Crippen molar-refractivity contribution in [3.05, 3.63) is 58.1 Å². The summed E-state index contributed by atoms with van der Waals surface area (Å²) < 4.78 is 5.72. The molecule has 0 radical (unpaired) electrons. The average molecular weight is 434 g/mol. The van der Waals surface area contributed by atoms with Crippen LogP contribution in [0, 0.1) is 0 Å². The number of aromatic hydroxyl groups is 1. The minimum Gasteiger partial charge on any atom is -0.504 e. The number of phenolic OH excluding ortho intramolecular Hbond substituents is 1. The zero-order chi connectivity index (χ0) is 19.6. The summed E-state index contributed by atoms with van der Waals surface area (Å²) in [6.07, 6.45) is 2.17. The van der Waals surface area contributed by atoms with E-state index in [4.69, 9.17) is 4.74 Å². The second-order valence-corrected chi connectivity index (χ2v) is 6.42. The molecule has 7 nitrogen and oxygen atoms in total. The van der Waals surface area contributed by atoms with Crippen LogP contribution in [0.4, 0.5) is 0 Å². The molecule has 2 aromatic rings. The zero-order valence-electron chi connectivity index (χ0n) is 14.7. The van der Waals surface area contributed by atoms with Gasteiger partial charge in [0, 0.05) is 17.4 Å². The first-order chi connectivity index (χ1) is 13.0. The topological polar surface area (TPSA) is 100 Å². The molecule has 0 unspecified atom stereocenters. The van der Waals surface area contributed by atoms with Crippen LogP contribution in [-0.4, -0.2) is 36.8 Å². The van der Waals surface area contributed by atoms with Gasteiger partial charge in [0.1, 0.15) is 0 Å². The first-order valence-corrected chi connectivity index (χ1v) is 9.02. The minimum atomic E-state index is -0.257. The van der Waals surface area contributed by atoms with Crippen LogP contribution in [0.2, 0.25) is 0 Å². The Morgan fingerprint density at radius 3 is 2.78 bits per heavy atom. The fourth-order valence-electron chi connectivity index (χ4n) is 2.20. The maximum absolute atomic E-state index is 12.0. The van der Waals surface area contributed by atoms with E-state index in [9.17, 15) is 14.7 Å². The van der Waals surface area contributed by atoms with Crippen LogP contribution in [0.25, 0.3) is 0 Å². The van der Waals surface area contributed by atoms with Crippen molar-refractivity contribution in [1.29, 1.82) is 0 Å². The molecule has 0 heterocycles. The molecule has 2 amide bonds. The molecule has 0 aliphatic rings. The van der Waals surface area contributed by atoms with Crippen LogP contribution in [0.15, 0.2) is 52.0 Å². The summed E-state index contributed by atoms with van der Waals surface area (Å²) >= 11 is 3.33. The number of carbonyl (C=O) groups is 2. The highest BCUT2D eigenvalue weighted by atomic mass is 79.9. The van der Waals surface area contributed by atoms with Crippen LogP contribution in [0.5, 0.6) is 11.5 Å². The maximum atomic E-state index is 12.0. The molecule has 27 heavy (non-hydrogen) atoms. The van der Waals surface area contributed by atoms with Crippen LogP contribution in [-0.2, 0) is 4.79 Å². The standard InChI is InChI=1S/C19H20BrN3O4/c1-27-17-11-13(8-9-16(17)24)12-22-23-18(25)7-4-10-21-19(26)14-5-2-3-6-15(14)20/h2-3,5-6,8-9,11-12,24H,4,7,10H2,1H3,(H,21,26)(H,23,25)/b22-12+. The van der Waals surface area contributed by atoms with Gasteiger partial charge < -0.3 is 15.2 Å². The second kappa shape index (κ2) is 10.3. The van der Waals surface area contributed by atoms with Gasteiger partial charge in [-0.1, -0.05) is 12.1 Å². The molecule has 0 aliphatic carbocycles. The molecule has 3 N–H and O–H groups in total. The van der Waals surface area contributed by atoms with Gasteiger partial charge in [0.15, 0.2) is 11.5 Å². The lowest BCUT2D eigenvalue weighted by atomic mass is 10.2. The normalized spacial score (nSPS) is 10.6. The van der Waals surface area contributed by atoms with Gasteiger partial charge in [0.2, 0.25) is 5.91 Å². The number of hydrogen-bond acceptors (Lipinski definition) is 5. The van der Waals surface area contributed by atoms with E-state index in [1.807, 2.05) is 6.07 Å². The van der Waals surface area contributed by atoms with Gasteiger partial charge in [0.25, 0.3) is 5.91 Å². The van der Waals surface area contributed by atoms with Gasteiger partial charge >= 0.3 is 0 Å². The molecule has 0 fully saturated rings. The lowest BCUT2D eigenvalue weighted by Crippen LogP contribution is -2.26. The molecular formula is C19H20BrN3O4. The summed E-state index contributed by atoms with van der Waals surface area (Å²) in [4.78, 5) is 23.8. The van der Waals surface area contributed by atoms with Crippen LogP contribution in [0.3, 0.4) is 0 Å². The fraction of sp³-hybridized carbons (Fsp3) is 0.211. The average Bonchev–Trinajstić information content (AvgIpc) is 2.66. The number of hydrazone groups is 1. The summed E-state index contributed by atoms with van der Waals surface area (Å²) in [7, 11) is 1.45. The Morgan fingerprint density at radius 2 is 2.04 bits per heavy atom. The van der Waals surface area contributed by atoms with Crippen molar-refractivity contribution in [2.24, 2.45) is 5.10 Å². The molecule has 0 spiro atoms. The van der Waals surface area contributed by atoms with Crippen molar-refractivity contribution in [2.45, 2.75) is 12.8 Å². The third-order valence-electron chi connectivity index (χ3n) is 3.59. The maximum Gasteiger partial charge on any atom is 0.252 e. The van der Waals surface area contributed by atoms with Crippen LogP contribution >= 0.6 is 15.9 Å². The Labute approximate surface area is 165 Å². The van der Waals surface area contributed by atoms with Crippen molar-refractivity contribution in [1.82, 2.24) is 10.7 Å². The number of halogens is 1. The van der Waals surface area contributed by atoms with E-state index in [-0.39, 0.29) is 24.0 Å². The van der Waals surface area contributed by atoms with E-state index in [0.29, 0.717) is 29.8 Å². The molecule has 0 aromatic heterocycles. The second-order valence-electron chi connectivity index (χ2n) is 5.56. The molecule has 0 aliphatic heterocycles. The van der Waals surface area contributed by atoms with E-state index >= 15 is 0 Å². The third-order valence-corrected chi connectivity index (χ3v) is 4.28. The minimum absolute atomic E-state index is 0.0308. The first-order valence-electron chi connectivity index (χ1n) is 8.23. The number of phenols is 1. The van der Waals surface area contributed by atoms with Gasteiger partial charge in [0.05, 0.1) is 18.9 Å². The van der Waals surface area contributed by atoms with Crippen molar-refractivity contribution in [3.63, 3.8) is 0 Å². The summed E-state index contributed by atoms with van der Waals surface area (Å²) in [5.74, 6) is -0.0938. The van der Waals surface area contributed by atoms with Crippen molar-refractivity contribution in [3.8, 4) is 11.5 Å². The Hall–Kier alpha value is -2.87. The molecule has 8 heteroatoms. The highest BCUT2D eigenvalue weighted by Crippen LogP contribution is 2.25. The predicted octanol–water partition coefficient (Wildman–Crippen LogP) is 2.82. The lowest BCUT2D eigenvalue weighted by Gasteiger charge is -2.06. The van der Waals surface area contributed by atoms with E-state index < -0.39 is 0 Å². The molecule has 0 bridgehead atoms. The Bertz CT molecular complexity index is 839. The van der Waals surface area contributed by atoms with Gasteiger partial charge in [-0.15, -0.1) is 0 Å². The number of rotatable bonds is 8. The highest BCUT2D eigenvalue weighted by molar-refractivity contribution is 9.10. The fourth-order valence-corrected chi connectivity index (χ4v) is 2.67. The summed E-state index contributed by atoms with van der Waals surface area (Å²) in [6, 6.07) is 11.9. The van der Waals surface area contributed by atoms with E-state index in [2.05, 4.69) is 31.8 Å². The molecule has 142 valence electrons. The van der Waals surface area contributed by atoms with Crippen LogP contribution in [0.1, 0.15) is 28.8 Å². The van der Waals surface area contributed by atoms with Gasteiger partial charge in [-0.2, -0.15) is 5.10 Å². The highest BCUT2D eigenvalue weighted by Gasteiger charge is 2.08. The number of nitrogens with zero attached hydrogens (tertiary/aromatic N) is 1. The Balaban J connectivity index is 1.70. The summed E-state index contributed by atoms with van der Waals surface area (Å²) in [6.45, 7) is 0.381. The van der Waals surface area contributed by atoms with E-state index in [0.717, 1.165) is 4.47 Å². The Kier molecular flexibility index (Phi) is 7.81. The summed E-state index contributed by atoms with van der Waals surface area (Å²) in [5, 5.41) is 16.2. The molecule has 0 saturated heterocycles. The van der Waals surface area contributed by atoms with Crippen molar-refractivity contribution in [2.75, 3.05) is 13.7 Å². The van der Waals surface area contributed by atoms with Crippen molar-refractivity contribution >= 4 is 34.0 Å². The zero-order valence-corrected chi connectivity index (χ0v) is 16.3. The molecule has 0 atom stereocenters. The smallest absolute Gasteiger partial charge is 0.252 e. The Morgan fingerprint density at radius 1 is 1.26 bits per heavy atom. The van der Waals surface area contributed by atoms with Crippen molar-refractivity contribution < 1.29 is 19.4 Å². The number of carbonyl (C=O) groups excluding carboxylic acids is 2. The molecular weight excluding hydrogens is 414 g/mol. The quantitative estimate of drug-likeness (QED) is 0.338. The van der Waals surface area contributed by atoms with Crippen LogP contribution < -0.4 is 15.5 Å². The molecule has 0 saturated carbocycles. The van der Waals surface area contributed by atoms with Gasteiger partial charge in [-0.3, -0.25) is 9.59 Å². The van der Waals surface area contributed by atoms with Gasteiger partial charge in [-0.05, 0) is 58.2 Å². The summed E-state index contributed by atoms with van der Waals surface area (Å²) in [5.41, 5.74) is 3.64.